The predicted octanol–water partition coefficient (Wildman–Crippen LogP) is 3.19. The second kappa shape index (κ2) is 14.9. The van der Waals surface area contributed by atoms with E-state index in [0.717, 1.165) is 25.5 Å². The lowest BCUT2D eigenvalue weighted by Crippen LogP contribution is -2.40. The maximum absolute atomic E-state index is 11.5. The van der Waals surface area contributed by atoms with Gasteiger partial charge in [-0.25, -0.2) is 12.7 Å². The Hall–Kier alpha value is -0.0900. The fourth-order valence-electron chi connectivity index (χ4n) is 3.19. The molecule has 26 heavy (non-hydrogen) atoms. The molecule has 1 aliphatic heterocycles. The smallest absolute Gasteiger partial charge is 0.211 e. The van der Waals surface area contributed by atoms with Crippen molar-refractivity contribution in [2.75, 3.05) is 39.5 Å². The minimum Gasteiger partial charge on any atom is -0.356 e. The monoisotopic (exact) mass is 502 g/mol. The average molecular weight is 503 g/mol. The Kier molecular flexibility index (Phi) is 14.9. The van der Waals surface area contributed by atoms with E-state index in [1.54, 1.807) is 11.4 Å². The fourth-order valence-corrected chi connectivity index (χ4v) is 4.11. The zero-order valence-corrected chi connectivity index (χ0v) is 19.9. The van der Waals surface area contributed by atoms with Gasteiger partial charge in [-0.3, -0.25) is 4.99 Å². The molecular weight excluding hydrogens is 463 g/mol. The van der Waals surface area contributed by atoms with Gasteiger partial charge in [0.05, 0.1) is 6.26 Å². The van der Waals surface area contributed by atoms with E-state index in [1.807, 2.05) is 0 Å². The van der Waals surface area contributed by atoms with Crippen molar-refractivity contribution in [3.63, 3.8) is 0 Å². The van der Waals surface area contributed by atoms with E-state index in [-0.39, 0.29) is 24.0 Å². The number of guanidine groups is 1. The summed E-state index contributed by atoms with van der Waals surface area (Å²) in [5.41, 5.74) is 0. The third-order valence-corrected chi connectivity index (χ3v) is 6.09. The molecule has 1 saturated heterocycles. The Labute approximate surface area is 178 Å². The standard InChI is InChI=1S/C18H38N4O2S.HI/c1-4-5-6-7-8-9-10-11-13-20-18(19-2)21-15-17-12-14-22(16-17)25(3,23)24;/h17H,4-16H2,1-3H3,(H2,19,20,21);1H. The molecular formula is C18H39IN4O2S. The van der Waals surface area contributed by atoms with E-state index < -0.39 is 10.0 Å². The second-order valence-electron chi connectivity index (χ2n) is 7.13. The van der Waals surface area contributed by atoms with Crippen LogP contribution in [0.2, 0.25) is 0 Å². The zero-order chi connectivity index (χ0) is 18.5. The fraction of sp³-hybridized carbons (Fsp3) is 0.944. The highest BCUT2D eigenvalue weighted by atomic mass is 127. The molecule has 0 aromatic rings. The maximum atomic E-state index is 11.5. The number of sulfonamides is 1. The van der Waals surface area contributed by atoms with Gasteiger partial charge in [0.2, 0.25) is 10.0 Å². The number of rotatable bonds is 12. The summed E-state index contributed by atoms with van der Waals surface area (Å²) in [4.78, 5) is 4.25. The minimum atomic E-state index is -3.05. The number of aliphatic imine (C=N–C) groups is 1. The molecule has 0 aromatic heterocycles. The third-order valence-electron chi connectivity index (χ3n) is 4.82. The van der Waals surface area contributed by atoms with Crippen LogP contribution in [0.15, 0.2) is 4.99 Å². The summed E-state index contributed by atoms with van der Waals surface area (Å²) in [6.45, 7) is 5.20. The molecule has 1 fully saturated rings. The number of nitrogens with zero attached hydrogens (tertiary/aromatic N) is 2. The van der Waals surface area contributed by atoms with E-state index in [9.17, 15) is 8.42 Å². The SMILES string of the molecule is CCCCCCCCCCNC(=NC)NCC1CCN(S(C)(=O)=O)C1.I. The molecule has 2 N–H and O–H groups in total. The lowest BCUT2D eigenvalue weighted by atomic mass is 10.1. The summed E-state index contributed by atoms with van der Waals surface area (Å²) in [5, 5.41) is 6.68. The van der Waals surface area contributed by atoms with Crippen LogP contribution >= 0.6 is 24.0 Å². The van der Waals surface area contributed by atoms with Gasteiger partial charge >= 0.3 is 0 Å². The van der Waals surface area contributed by atoms with Crippen molar-refractivity contribution >= 4 is 40.0 Å². The van der Waals surface area contributed by atoms with Crippen molar-refractivity contribution in [1.82, 2.24) is 14.9 Å². The van der Waals surface area contributed by atoms with E-state index in [0.29, 0.717) is 19.0 Å². The summed E-state index contributed by atoms with van der Waals surface area (Å²) in [6.07, 6.45) is 12.7. The molecule has 0 aromatic carbocycles. The van der Waals surface area contributed by atoms with Gasteiger partial charge in [-0.05, 0) is 18.8 Å². The van der Waals surface area contributed by atoms with Crippen molar-refractivity contribution in [1.29, 1.82) is 0 Å². The Bertz CT molecular complexity index is 486. The summed E-state index contributed by atoms with van der Waals surface area (Å²) in [6, 6.07) is 0. The van der Waals surface area contributed by atoms with Crippen LogP contribution in [0.4, 0.5) is 0 Å². The number of nitrogens with one attached hydrogen (secondary N) is 2. The van der Waals surface area contributed by atoms with E-state index in [2.05, 4.69) is 22.5 Å². The highest BCUT2D eigenvalue weighted by Crippen LogP contribution is 2.17. The molecule has 6 nitrogen and oxygen atoms in total. The first kappa shape index (κ1) is 25.9. The number of unbranched alkanes of at least 4 members (excludes halogenated alkanes) is 7. The van der Waals surface area contributed by atoms with Crippen LogP contribution in [0.25, 0.3) is 0 Å². The molecule has 156 valence electrons. The van der Waals surface area contributed by atoms with Crippen molar-refractivity contribution in [2.24, 2.45) is 10.9 Å². The van der Waals surface area contributed by atoms with Crippen LogP contribution in [-0.2, 0) is 10.0 Å². The van der Waals surface area contributed by atoms with Crippen LogP contribution in [0.5, 0.6) is 0 Å². The number of hydrogen-bond acceptors (Lipinski definition) is 3. The van der Waals surface area contributed by atoms with Crippen LogP contribution in [0, 0.1) is 5.92 Å². The van der Waals surface area contributed by atoms with E-state index in [1.165, 1.54) is 57.6 Å². The van der Waals surface area contributed by atoms with E-state index >= 15 is 0 Å². The Morgan fingerprint density at radius 1 is 1.08 bits per heavy atom. The Balaban J connectivity index is 0.00000625. The van der Waals surface area contributed by atoms with E-state index in [4.69, 9.17) is 0 Å². The van der Waals surface area contributed by atoms with Crippen LogP contribution in [-0.4, -0.2) is 58.2 Å². The molecule has 1 aliphatic rings. The summed E-state index contributed by atoms with van der Waals surface area (Å²) < 4.78 is 24.7. The topological polar surface area (TPSA) is 73.8 Å². The molecule has 1 atom stereocenters. The quantitative estimate of drug-likeness (QED) is 0.186. The van der Waals surface area contributed by atoms with Gasteiger partial charge in [0.1, 0.15) is 0 Å². The lowest BCUT2D eigenvalue weighted by molar-refractivity contribution is 0.458. The third kappa shape index (κ3) is 11.6. The largest absolute Gasteiger partial charge is 0.356 e. The first-order chi connectivity index (χ1) is 12.0. The number of hydrogen-bond donors (Lipinski definition) is 2. The van der Waals surface area contributed by atoms with Crippen molar-refractivity contribution in [3.05, 3.63) is 0 Å². The van der Waals surface area contributed by atoms with Crippen molar-refractivity contribution in [2.45, 2.75) is 64.7 Å². The summed E-state index contributed by atoms with van der Waals surface area (Å²) >= 11 is 0. The highest BCUT2D eigenvalue weighted by Gasteiger charge is 2.28. The summed E-state index contributed by atoms with van der Waals surface area (Å²) in [7, 11) is -1.27. The average Bonchev–Trinajstić information content (AvgIpc) is 3.05. The zero-order valence-electron chi connectivity index (χ0n) is 16.8. The molecule has 1 rings (SSSR count). The molecule has 1 heterocycles. The van der Waals surface area contributed by atoms with Gasteiger partial charge in [0.15, 0.2) is 5.96 Å². The van der Waals surface area contributed by atoms with Gasteiger partial charge in [-0.1, -0.05) is 51.9 Å². The molecule has 0 spiro atoms. The molecule has 8 heteroatoms. The highest BCUT2D eigenvalue weighted by molar-refractivity contribution is 14.0. The van der Waals surface area contributed by atoms with Gasteiger partial charge < -0.3 is 10.6 Å². The molecule has 0 amide bonds. The van der Waals surface area contributed by atoms with Crippen LogP contribution in [0.1, 0.15) is 64.7 Å². The molecule has 0 radical (unpaired) electrons. The Morgan fingerprint density at radius 3 is 2.23 bits per heavy atom. The molecule has 0 bridgehead atoms. The van der Waals surface area contributed by atoms with Crippen LogP contribution < -0.4 is 10.6 Å². The predicted molar refractivity (Wildman–Crippen MR) is 122 cm³/mol. The first-order valence-corrected chi connectivity index (χ1v) is 11.7. The normalized spacial score (nSPS) is 18.6. The number of halogens is 1. The summed E-state index contributed by atoms with van der Waals surface area (Å²) in [5.74, 6) is 1.18. The molecule has 0 aliphatic carbocycles. The minimum absolute atomic E-state index is 0. The first-order valence-electron chi connectivity index (χ1n) is 9.87. The van der Waals surface area contributed by atoms with Gasteiger partial charge in [-0.15, -0.1) is 24.0 Å². The molecule has 0 saturated carbocycles. The Morgan fingerprint density at radius 2 is 1.69 bits per heavy atom. The van der Waals surface area contributed by atoms with Crippen molar-refractivity contribution in [3.8, 4) is 0 Å². The lowest BCUT2D eigenvalue weighted by Gasteiger charge is -2.16. The molecule has 1 unspecified atom stereocenters. The second-order valence-corrected chi connectivity index (χ2v) is 9.11. The van der Waals surface area contributed by atoms with Gasteiger partial charge in [-0.2, -0.15) is 0 Å². The van der Waals surface area contributed by atoms with Crippen LogP contribution in [0.3, 0.4) is 0 Å². The van der Waals surface area contributed by atoms with Crippen molar-refractivity contribution < 1.29 is 8.42 Å². The van der Waals surface area contributed by atoms with Gasteiger partial charge in [0.25, 0.3) is 0 Å². The maximum Gasteiger partial charge on any atom is 0.211 e. The van der Waals surface area contributed by atoms with Gasteiger partial charge in [0, 0.05) is 33.2 Å².